The van der Waals surface area contributed by atoms with Gasteiger partial charge in [-0.2, -0.15) is 0 Å². The minimum absolute atomic E-state index is 0.357. The Balaban J connectivity index is 1.27. The second kappa shape index (κ2) is 8.54. The fourth-order valence-corrected chi connectivity index (χ4v) is 6.62. The van der Waals surface area contributed by atoms with Crippen molar-refractivity contribution in [3.05, 3.63) is 103 Å². The van der Waals surface area contributed by atoms with Gasteiger partial charge in [-0.05, 0) is 84.4 Å². The molecule has 2 nitrogen and oxygen atoms in total. The molecular weight excluding hydrogens is 483 g/mol. The summed E-state index contributed by atoms with van der Waals surface area (Å²) in [5.74, 6) is 0. The van der Waals surface area contributed by atoms with E-state index in [-0.39, 0.29) is 18.3 Å². The summed E-state index contributed by atoms with van der Waals surface area (Å²) in [5, 5.41) is 5.28. The van der Waals surface area contributed by atoms with Gasteiger partial charge in [-0.25, -0.2) is 0 Å². The van der Waals surface area contributed by atoms with Gasteiger partial charge in [-0.3, -0.25) is 0 Å². The largest absolute Gasteiger partial charge is 0.494 e. The highest BCUT2D eigenvalue weighted by molar-refractivity contribution is 7.26. The van der Waals surface area contributed by atoms with Crippen LogP contribution >= 0.6 is 11.3 Å². The first-order valence-electron chi connectivity index (χ1n) is 13.2. The summed E-state index contributed by atoms with van der Waals surface area (Å²) >= 11 is 1.88. The number of fused-ring (bicyclic) bond motifs is 5. The molecule has 1 fully saturated rings. The minimum Gasteiger partial charge on any atom is -0.399 e. The van der Waals surface area contributed by atoms with Crippen LogP contribution in [0.1, 0.15) is 27.7 Å². The maximum Gasteiger partial charge on any atom is 0.494 e. The Bertz CT molecular complexity index is 1830. The molecule has 7 rings (SSSR count). The van der Waals surface area contributed by atoms with Gasteiger partial charge < -0.3 is 9.31 Å². The van der Waals surface area contributed by atoms with Crippen molar-refractivity contribution in [3.8, 4) is 22.3 Å². The molecule has 0 N–H and O–H groups in total. The summed E-state index contributed by atoms with van der Waals surface area (Å²) in [6.07, 6.45) is 0. The Morgan fingerprint density at radius 2 is 1.21 bits per heavy atom. The summed E-state index contributed by atoms with van der Waals surface area (Å²) in [6.45, 7) is 8.37. The molecule has 0 spiro atoms. The topological polar surface area (TPSA) is 18.5 Å². The zero-order chi connectivity index (χ0) is 26.1. The summed E-state index contributed by atoms with van der Waals surface area (Å²) in [4.78, 5) is 0. The molecule has 0 bridgehead atoms. The summed E-state index contributed by atoms with van der Waals surface area (Å²) in [7, 11) is -0.367. The third-order valence-corrected chi connectivity index (χ3v) is 9.52. The maximum atomic E-state index is 6.31. The number of hydrogen-bond donors (Lipinski definition) is 0. The molecule has 1 saturated heterocycles. The van der Waals surface area contributed by atoms with Crippen LogP contribution in [0.4, 0.5) is 0 Å². The standard InChI is InChI=1S/C34H29BO2S/c1-33(2)34(3,4)37-35(36-33)27-13-8-12-25(20-27)23-10-7-11-24(19-23)26-16-18-31-30(21-26)29-17-15-22-9-5-6-14-28(22)32(29)38-31/h5-21H,1-4H3. The predicted molar refractivity (Wildman–Crippen MR) is 163 cm³/mol. The van der Waals surface area contributed by atoms with E-state index in [0.717, 1.165) is 11.0 Å². The van der Waals surface area contributed by atoms with Crippen LogP contribution in [-0.2, 0) is 9.31 Å². The normalized spacial score (nSPS) is 16.6. The van der Waals surface area contributed by atoms with Crippen LogP contribution in [0, 0.1) is 0 Å². The smallest absolute Gasteiger partial charge is 0.399 e. The average Bonchev–Trinajstić information content (AvgIpc) is 3.41. The van der Waals surface area contributed by atoms with Crippen LogP contribution in [0.5, 0.6) is 0 Å². The highest BCUT2D eigenvalue weighted by Crippen LogP contribution is 2.40. The molecule has 1 aliphatic heterocycles. The average molecular weight is 512 g/mol. The molecule has 1 aromatic heterocycles. The molecule has 0 radical (unpaired) electrons. The van der Waals surface area contributed by atoms with E-state index in [0.29, 0.717) is 0 Å². The van der Waals surface area contributed by atoms with E-state index in [1.54, 1.807) is 0 Å². The molecule has 0 atom stereocenters. The van der Waals surface area contributed by atoms with E-state index in [2.05, 4.69) is 131 Å². The number of rotatable bonds is 3. The second-order valence-corrected chi connectivity index (χ2v) is 12.3. The molecule has 4 heteroatoms. The lowest BCUT2D eigenvalue weighted by Gasteiger charge is -2.32. The molecular formula is C34H29BO2S. The second-order valence-electron chi connectivity index (χ2n) is 11.3. The zero-order valence-electron chi connectivity index (χ0n) is 22.1. The van der Waals surface area contributed by atoms with Crippen molar-refractivity contribution in [3.63, 3.8) is 0 Å². The third kappa shape index (κ3) is 3.79. The van der Waals surface area contributed by atoms with Crippen LogP contribution in [0.2, 0.25) is 0 Å². The van der Waals surface area contributed by atoms with Gasteiger partial charge in [0.05, 0.1) is 11.2 Å². The van der Waals surface area contributed by atoms with Crippen LogP contribution < -0.4 is 5.46 Å². The van der Waals surface area contributed by atoms with Crippen molar-refractivity contribution in [2.75, 3.05) is 0 Å². The predicted octanol–water partition coefficient (Wildman–Crippen LogP) is 8.84. The van der Waals surface area contributed by atoms with Crippen LogP contribution in [-0.4, -0.2) is 18.3 Å². The van der Waals surface area contributed by atoms with Gasteiger partial charge >= 0.3 is 7.12 Å². The van der Waals surface area contributed by atoms with Gasteiger partial charge in [0, 0.05) is 20.2 Å². The van der Waals surface area contributed by atoms with Crippen molar-refractivity contribution >= 4 is 54.9 Å². The number of benzene rings is 5. The van der Waals surface area contributed by atoms with E-state index in [4.69, 9.17) is 9.31 Å². The van der Waals surface area contributed by atoms with Crippen LogP contribution in [0.25, 0.3) is 53.2 Å². The van der Waals surface area contributed by atoms with E-state index < -0.39 is 0 Å². The highest BCUT2D eigenvalue weighted by Gasteiger charge is 2.51. The first kappa shape index (κ1) is 23.7. The SMILES string of the molecule is CC1(C)OB(c2cccc(-c3cccc(-c4ccc5sc6c7ccccc7ccc6c5c4)c3)c2)OC1(C)C. The molecule has 1 aliphatic rings. The Morgan fingerprint density at radius 1 is 0.553 bits per heavy atom. The van der Waals surface area contributed by atoms with Gasteiger partial charge in [-0.15, -0.1) is 11.3 Å². The fourth-order valence-electron chi connectivity index (χ4n) is 5.41. The molecule has 0 aliphatic carbocycles. The number of hydrogen-bond acceptors (Lipinski definition) is 3. The Labute approximate surface area is 228 Å². The van der Waals surface area contributed by atoms with Gasteiger partial charge in [0.2, 0.25) is 0 Å². The van der Waals surface area contributed by atoms with Crippen LogP contribution in [0.3, 0.4) is 0 Å². The minimum atomic E-state index is -0.367. The quantitative estimate of drug-likeness (QED) is 0.221. The van der Waals surface area contributed by atoms with E-state index in [1.165, 1.54) is 47.6 Å². The lowest BCUT2D eigenvalue weighted by Crippen LogP contribution is -2.41. The Hall–Kier alpha value is -3.44. The fraction of sp³-hybridized carbons (Fsp3) is 0.176. The van der Waals surface area contributed by atoms with Crippen molar-refractivity contribution < 1.29 is 9.31 Å². The lowest BCUT2D eigenvalue weighted by atomic mass is 9.78. The summed E-state index contributed by atoms with van der Waals surface area (Å²) in [5.41, 5.74) is 5.12. The molecule has 0 saturated carbocycles. The van der Waals surface area contributed by atoms with Crippen molar-refractivity contribution in [2.45, 2.75) is 38.9 Å². The molecule has 0 amide bonds. The van der Waals surface area contributed by atoms with Gasteiger partial charge in [-0.1, -0.05) is 84.9 Å². The lowest BCUT2D eigenvalue weighted by molar-refractivity contribution is 0.00578. The highest BCUT2D eigenvalue weighted by atomic mass is 32.1. The van der Waals surface area contributed by atoms with E-state index in [1.807, 2.05) is 11.3 Å². The molecule has 0 unspecified atom stereocenters. The number of thiophene rings is 1. The molecule has 5 aromatic carbocycles. The van der Waals surface area contributed by atoms with E-state index >= 15 is 0 Å². The first-order chi connectivity index (χ1) is 18.3. The third-order valence-electron chi connectivity index (χ3n) is 8.30. The molecule has 2 heterocycles. The first-order valence-corrected chi connectivity index (χ1v) is 14.0. The van der Waals surface area contributed by atoms with Gasteiger partial charge in [0.25, 0.3) is 0 Å². The monoisotopic (exact) mass is 512 g/mol. The van der Waals surface area contributed by atoms with Crippen LogP contribution in [0.15, 0.2) is 103 Å². The molecule has 186 valence electrons. The summed E-state index contributed by atoms with van der Waals surface area (Å²) in [6, 6.07) is 37.4. The molecule has 38 heavy (non-hydrogen) atoms. The summed E-state index contributed by atoms with van der Waals surface area (Å²) < 4.78 is 15.3. The zero-order valence-corrected chi connectivity index (χ0v) is 22.9. The van der Waals surface area contributed by atoms with Gasteiger partial charge in [0.1, 0.15) is 0 Å². The van der Waals surface area contributed by atoms with E-state index in [9.17, 15) is 0 Å². The van der Waals surface area contributed by atoms with Crippen molar-refractivity contribution in [1.29, 1.82) is 0 Å². The van der Waals surface area contributed by atoms with Crippen molar-refractivity contribution in [2.24, 2.45) is 0 Å². The Morgan fingerprint density at radius 3 is 1.97 bits per heavy atom. The maximum absolute atomic E-state index is 6.31. The van der Waals surface area contributed by atoms with Gasteiger partial charge in [0.15, 0.2) is 0 Å². The molecule has 6 aromatic rings. The van der Waals surface area contributed by atoms with Crippen molar-refractivity contribution in [1.82, 2.24) is 0 Å². The Kier molecular flexibility index (Phi) is 5.32.